The molecule has 3 amide bonds. The quantitative estimate of drug-likeness (QED) is 0.782. The largest absolute Gasteiger partial charge is 0.370 e. The molecule has 6 heteroatoms. The summed E-state index contributed by atoms with van der Waals surface area (Å²) in [6, 6.07) is 13.9. The molecule has 0 unspecified atom stereocenters. The molecule has 26 heavy (non-hydrogen) atoms. The van der Waals surface area contributed by atoms with Gasteiger partial charge in [-0.15, -0.1) is 0 Å². The van der Waals surface area contributed by atoms with Crippen LogP contribution in [0, 0.1) is 0 Å². The summed E-state index contributed by atoms with van der Waals surface area (Å²) in [5, 5.41) is 5.49. The van der Waals surface area contributed by atoms with E-state index in [1.165, 1.54) is 25.7 Å². The van der Waals surface area contributed by atoms with Crippen molar-refractivity contribution in [1.82, 2.24) is 0 Å². The summed E-state index contributed by atoms with van der Waals surface area (Å²) in [5.41, 5.74) is 8.05. The van der Waals surface area contributed by atoms with Crippen molar-refractivity contribution in [1.29, 1.82) is 0 Å². The second-order valence-electron chi connectivity index (χ2n) is 6.44. The first kappa shape index (κ1) is 17.8. The van der Waals surface area contributed by atoms with Crippen molar-refractivity contribution in [2.75, 3.05) is 28.6 Å². The summed E-state index contributed by atoms with van der Waals surface area (Å²) in [7, 11) is 0. The van der Waals surface area contributed by atoms with Crippen molar-refractivity contribution in [2.45, 2.75) is 25.7 Å². The number of benzene rings is 2. The maximum Gasteiger partial charge on any atom is 0.316 e. The van der Waals surface area contributed by atoms with Gasteiger partial charge in [-0.05, 0) is 49.2 Å². The van der Waals surface area contributed by atoms with Gasteiger partial charge in [-0.3, -0.25) is 4.79 Å². The van der Waals surface area contributed by atoms with Crippen LogP contribution >= 0.6 is 0 Å². The minimum absolute atomic E-state index is 0.183. The number of hydrogen-bond acceptors (Lipinski definition) is 3. The Morgan fingerprint density at radius 3 is 2.15 bits per heavy atom. The molecule has 2 aromatic rings. The molecule has 1 aliphatic heterocycles. The minimum Gasteiger partial charge on any atom is -0.370 e. The zero-order valence-electron chi connectivity index (χ0n) is 14.7. The zero-order valence-corrected chi connectivity index (χ0v) is 14.7. The Kier molecular flexibility index (Phi) is 5.73. The highest BCUT2D eigenvalue weighted by Gasteiger charge is 2.15. The normalized spacial score (nSPS) is 14.4. The van der Waals surface area contributed by atoms with Gasteiger partial charge in [0.1, 0.15) is 0 Å². The third-order valence-electron chi connectivity index (χ3n) is 4.51. The van der Waals surface area contributed by atoms with E-state index in [0.717, 1.165) is 24.5 Å². The Balaban J connectivity index is 1.74. The highest BCUT2D eigenvalue weighted by molar-refractivity contribution is 6.06. The number of amides is 3. The maximum atomic E-state index is 12.6. The van der Waals surface area contributed by atoms with Gasteiger partial charge in [0.2, 0.25) is 0 Å². The number of hydrogen-bond donors (Lipinski definition) is 3. The van der Waals surface area contributed by atoms with E-state index in [-0.39, 0.29) is 5.91 Å². The Morgan fingerprint density at radius 2 is 1.50 bits per heavy atom. The van der Waals surface area contributed by atoms with Crippen LogP contribution in [0.5, 0.6) is 0 Å². The Hall–Kier alpha value is -3.02. The maximum absolute atomic E-state index is 12.6. The third-order valence-corrected chi connectivity index (χ3v) is 4.51. The average Bonchev–Trinajstić information content (AvgIpc) is 2.91. The molecule has 0 aliphatic carbocycles. The molecule has 0 radical (unpaired) electrons. The Labute approximate surface area is 153 Å². The van der Waals surface area contributed by atoms with Crippen molar-refractivity contribution in [3.8, 4) is 0 Å². The molecule has 1 saturated heterocycles. The number of carbonyl (C=O) groups is 2. The second-order valence-corrected chi connectivity index (χ2v) is 6.44. The van der Waals surface area contributed by atoms with Gasteiger partial charge in [0.25, 0.3) is 5.91 Å². The number of nitrogens with two attached hydrogens (primary N) is 1. The lowest BCUT2D eigenvalue weighted by atomic mass is 10.1. The van der Waals surface area contributed by atoms with Crippen LogP contribution in [0.4, 0.5) is 21.9 Å². The number of urea groups is 1. The minimum atomic E-state index is -0.631. The molecule has 0 spiro atoms. The number of nitrogens with zero attached hydrogens (tertiary/aromatic N) is 1. The average molecular weight is 352 g/mol. The first-order valence-electron chi connectivity index (χ1n) is 8.95. The Morgan fingerprint density at radius 1 is 0.846 bits per heavy atom. The lowest BCUT2D eigenvalue weighted by Gasteiger charge is -2.25. The van der Waals surface area contributed by atoms with Gasteiger partial charge in [-0.2, -0.15) is 0 Å². The van der Waals surface area contributed by atoms with Gasteiger partial charge >= 0.3 is 6.03 Å². The molecule has 136 valence electrons. The van der Waals surface area contributed by atoms with Crippen LogP contribution in [-0.2, 0) is 0 Å². The molecule has 0 aromatic heterocycles. The molecule has 0 saturated carbocycles. The summed E-state index contributed by atoms with van der Waals surface area (Å²) in [5.74, 6) is -0.183. The van der Waals surface area contributed by atoms with Crippen LogP contribution in [0.2, 0.25) is 0 Å². The number of carbonyl (C=O) groups excluding carboxylic acids is 2. The van der Waals surface area contributed by atoms with Gasteiger partial charge in [-0.25, -0.2) is 4.79 Å². The second kappa shape index (κ2) is 8.38. The molecule has 6 nitrogen and oxygen atoms in total. The summed E-state index contributed by atoms with van der Waals surface area (Å²) in [4.78, 5) is 25.8. The van der Waals surface area contributed by atoms with Gasteiger partial charge < -0.3 is 21.3 Å². The van der Waals surface area contributed by atoms with Crippen molar-refractivity contribution in [3.05, 3.63) is 54.1 Å². The number of para-hydroxylation sites is 2. The summed E-state index contributed by atoms with van der Waals surface area (Å²) >= 11 is 0. The molecular weight excluding hydrogens is 328 g/mol. The smallest absolute Gasteiger partial charge is 0.316 e. The first-order valence-corrected chi connectivity index (χ1v) is 8.95. The summed E-state index contributed by atoms with van der Waals surface area (Å²) in [6.07, 6.45) is 4.88. The van der Waals surface area contributed by atoms with E-state index < -0.39 is 6.03 Å². The fraction of sp³-hybridized carbons (Fsp3) is 0.300. The van der Waals surface area contributed by atoms with E-state index in [0.29, 0.717) is 11.3 Å². The van der Waals surface area contributed by atoms with E-state index in [9.17, 15) is 9.59 Å². The van der Waals surface area contributed by atoms with Crippen LogP contribution in [-0.4, -0.2) is 25.0 Å². The molecule has 2 aromatic carbocycles. The number of anilines is 3. The topological polar surface area (TPSA) is 87.5 Å². The van der Waals surface area contributed by atoms with Crippen LogP contribution < -0.4 is 21.3 Å². The fourth-order valence-corrected chi connectivity index (χ4v) is 3.21. The standard InChI is InChI=1S/C20H24N4O2/c21-20(26)22-16-11-9-15(10-12-16)19(25)23-17-7-3-4-8-18(17)24-13-5-1-2-6-14-24/h3-4,7-12H,1-2,5-6,13-14H2,(H,23,25)(H3,21,22,26). The van der Waals surface area contributed by atoms with E-state index >= 15 is 0 Å². The van der Waals surface area contributed by atoms with Crippen molar-refractivity contribution >= 4 is 29.0 Å². The van der Waals surface area contributed by atoms with Gasteiger partial charge in [0, 0.05) is 24.3 Å². The SMILES string of the molecule is NC(=O)Nc1ccc(C(=O)Nc2ccccc2N2CCCCCC2)cc1. The van der Waals surface area contributed by atoms with Crippen LogP contribution in [0.15, 0.2) is 48.5 Å². The molecule has 1 aliphatic rings. The molecule has 1 heterocycles. The molecule has 0 bridgehead atoms. The molecule has 0 atom stereocenters. The van der Waals surface area contributed by atoms with Crippen LogP contribution in [0.25, 0.3) is 0 Å². The number of nitrogens with one attached hydrogen (secondary N) is 2. The summed E-state index contributed by atoms with van der Waals surface area (Å²) in [6.45, 7) is 2.03. The van der Waals surface area contributed by atoms with Crippen LogP contribution in [0.1, 0.15) is 36.0 Å². The predicted molar refractivity (Wildman–Crippen MR) is 105 cm³/mol. The number of rotatable bonds is 4. The predicted octanol–water partition coefficient (Wildman–Crippen LogP) is 3.81. The van der Waals surface area contributed by atoms with E-state index in [1.807, 2.05) is 18.2 Å². The lowest BCUT2D eigenvalue weighted by molar-refractivity contribution is 0.102. The lowest BCUT2D eigenvalue weighted by Crippen LogP contribution is -2.25. The number of primary amides is 1. The monoisotopic (exact) mass is 352 g/mol. The van der Waals surface area contributed by atoms with Gasteiger partial charge in [0.05, 0.1) is 11.4 Å². The summed E-state index contributed by atoms with van der Waals surface area (Å²) < 4.78 is 0. The van der Waals surface area contributed by atoms with E-state index in [1.54, 1.807) is 24.3 Å². The van der Waals surface area contributed by atoms with Crippen molar-refractivity contribution in [2.24, 2.45) is 5.73 Å². The fourth-order valence-electron chi connectivity index (χ4n) is 3.21. The highest BCUT2D eigenvalue weighted by atomic mass is 16.2. The van der Waals surface area contributed by atoms with Gasteiger partial charge in [-0.1, -0.05) is 25.0 Å². The molecular formula is C20H24N4O2. The van der Waals surface area contributed by atoms with Gasteiger partial charge in [0.15, 0.2) is 0 Å². The third kappa shape index (κ3) is 4.53. The first-order chi connectivity index (χ1) is 12.6. The highest BCUT2D eigenvalue weighted by Crippen LogP contribution is 2.28. The molecule has 3 rings (SSSR count). The molecule has 4 N–H and O–H groups in total. The van der Waals surface area contributed by atoms with Crippen LogP contribution in [0.3, 0.4) is 0 Å². The van der Waals surface area contributed by atoms with Crippen molar-refractivity contribution < 1.29 is 9.59 Å². The zero-order chi connectivity index (χ0) is 18.4. The van der Waals surface area contributed by atoms with E-state index in [2.05, 4.69) is 21.6 Å². The molecule has 1 fully saturated rings. The van der Waals surface area contributed by atoms with Crippen molar-refractivity contribution in [3.63, 3.8) is 0 Å². The Bertz CT molecular complexity index is 766. The van der Waals surface area contributed by atoms with E-state index in [4.69, 9.17) is 5.73 Å².